The second kappa shape index (κ2) is 67.6. The van der Waals surface area contributed by atoms with Crippen molar-refractivity contribution in [2.75, 3.05) is 26.4 Å². The van der Waals surface area contributed by atoms with E-state index in [0.29, 0.717) is 6.42 Å². The summed E-state index contributed by atoms with van der Waals surface area (Å²) in [6.45, 7) is 3.81. The molecule has 0 fully saturated rings. The average molecular weight is 1160 g/mol. The number of ether oxygens (including phenoxy) is 2. The van der Waals surface area contributed by atoms with Gasteiger partial charge in [0.2, 0.25) is 0 Å². The zero-order valence-corrected chi connectivity index (χ0v) is 55.0. The van der Waals surface area contributed by atoms with Crippen LogP contribution in [0.2, 0.25) is 0 Å². The molecule has 0 aliphatic rings. The Morgan fingerprint density at radius 2 is 0.605 bits per heavy atom. The normalized spacial score (nSPS) is 13.0. The van der Waals surface area contributed by atoms with Gasteiger partial charge < -0.3 is 20.1 Å². The summed E-state index contributed by atoms with van der Waals surface area (Å²) < 4.78 is 33.1. The molecule has 0 saturated heterocycles. The van der Waals surface area contributed by atoms with Crippen LogP contribution in [-0.2, 0) is 32.7 Å². The molecular formula is C71H138NO8P. The van der Waals surface area contributed by atoms with Gasteiger partial charge in [0, 0.05) is 19.4 Å². The molecule has 0 radical (unpaired) electrons. The quantitative estimate of drug-likeness (QED) is 0.0264. The van der Waals surface area contributed by atoms with E-state index in [0.717, 1.165) is 32.1 Å². The maximum atomic E-state index is 12.8. The van der Waals surface area contributed by atoms with Crippen molar-refractivity contribution in [2.45, 2.75) is 392 Å². The highest BCUT2D eigenvalue weighted by Gasteiger charge is 2.26. The lowest BCUT2D eigenvalue weighted by Gasteiger charge is -2.19. The Kier molecular flexibility index (Phi) is 66.4. The lowest BCUT2D eigenvalue weighted by molar-refractivity contribution is -0.161. The largest absolute Gasteiger partial charge is 0.472 e. The third-order valence-electron chi connectivity index (χ3n) is 16.3. The van der Waals surface area contributed by atoms with Gasteiger partial charge in [-0.25, -0.2) is 4.57 Å². The van der Waals surface area contributed by atoms with Crippen molar-refractivity contribution in [2.24, 2.45) is 5.73 Å². The lowest BCUT2D eigenvalue weighted by Crippen LogP contribution is -2.29. The molecule has 9 nitrogen and oxygen atoms in total. The summed E-state index contributed by atoms with van der Waals surface area (Å²) >= 11 is 0. The fourth-order valence-corrected chi connectivity index (χ4v) is 11.8. The van der Waals surface area contributed by atoms with Crippen molar-refractivity contribution < 1.29 is 37.6 Å². The van der Waals surface area contributed by atoms with Crippen molar-refractivity contribution in [1.82, 2.24) is 0 Å². The monoisotopic (exact) mass is 1160 g/mol. The van der Waals surface area contributed by atoms with E-state index in [4.69, 9.17) is 24.3 Å². The maximum Gasteiger partial charge on any atom is 0.472 e. The predicted octanol–water partition coefficient (Wildman–Crippen LogP) is 23.3. The number of allylic oxidation sites excluding steroid dienone is 4. The zero-order chi connectivity index (χ0) is 58.7. The molecule has 0 aromatic carbocycles. The van der Waals surface area contributed by atoms with E-state index in [1.54, 1.807) is 0 Å². The minimum absolute atomic E-state index is 0.0562. The fraction of sp³-hybridized carbons (Fsp3) is 0.915. The molecule has 0 saturated carbocycles. The molecule has 2 unspecified atom stereocenters. The number of unbranched alkanes of at least 4 members (excludes halogenated alkanes) is 52. The first-order valence-electron chi connectivity index (χ1n) is 35.8. The topological polar surface area (TPSA) is 134 Å². The molecule has 0 aromatic heterocycles. The van der Waals surface area contributed by atoms with Gasteiger partial charge in [0.05, 0.1) is 13.2 Å². The molecule has 2 atom stereocenters. The van der Waals surface area contributed by atoms with E-state index in [9.17, 15) is 19.0 Å². The van der Waals surface area contributed by atoms with Crippen LogP contribution in [0.3, 0.4) is 0 Å². The van der Waals surface area contributed by atoms with Gasteiger partial charge in [-0.3, -0.25) is 18.6 Å². The van der Waals surface area contributed by atoms with E-state index in [2.05, 4.69) is 38.2 Å². The van der Waals surface area contributed by atoms with Gasteiger partial charge in [0.25, 0.3) is 0 Å². The van der Waals surface area contributed by atoms with Crippen LogP contribution < -0.4 is 5.73 Å². The van der Waals surface area contributed by atoms with E-state index in [-0.39, 0.29) is 38.6 Å². The molecule has 0 aliphatic carbocycles. The maximum absolute atomic E-state index is 12.8. The average Bonchev–Trinajstić information content (AvgIpc) is 3.46. The van der Waals surface area contributed by atoms with Crippen molar-refractivity contribution in [3.8, 4) is 0 Å². The van der Waals surface area contributed by atoms with Crippen LogP contribution in [0, 0.1) is 0 Å². The van der Waals surface area contributed by atoms with E-state index < -0.39 is 26.5 Å². The number of nitrogens with two attached hydrogens (primary N) is 1. The van der Waals surface area contributed by atoms with Gasteiger partial charge in [-0.1, -0.05) is 334 Å². The Bertz CT molecular complexity index is 1380. The molecule has 0 aliphatic heterocycles. The van der Waals surface area contributed by atoms with Crippen LogP contribution in [0.1, 0.15) is 386 Å². The molecule has 10 heteroatoms. The van der Waals surface area contributed by atoms with Crippen LogP contribution in [0.25, 0.3) is 0 Å². The van der Waals surface area contributed by atoms with Gasteiger partial charge in [0.1, 0.15) is 6.61 Å². The number of hydrogen-bond acceptors (Lipinski definition) is 8. The summed E-state index contributed by atoms with van der Waals surface area (Å²) in [6.07, 6.45) is 83.0. The number of phosphoric acid groups is 1. The van der Waals surface area contributed by atoms with E-state index >= 15 is 0 Å². The standard InChI is InChI=1S/C71H138NO8P/c1-3-5-7-9-11-13-15-17-19-21-23-24-25-26-27-28-29-30-31-32-33-34-35-36-37-38-39-40-41-42-43-44-46-48-50-52-54-56-58-60-62-64-71(74)80-69(68-79-81(75,76)78-66-65-72)67-77-70(73)63-61-59-57-55-53-51-49-47-45-22-20-18-16-14-12-10-8-6-4-2/h18,20-21,23,69H,3-17,19,22,24-68,72H2,1-2H3,(H,75,76)/b20-18-,23-21-. The second-order valence-electron chi connectivity index (χ2n) is 24.5. The molecule has 0 heterocycles. The highest BCUT2D eigenvalue weighted by Crippen LogP contribution is 2.43. The highest BCUT2D eigenvalue weighted by molar-refractivity contribution is 7.47. The number of carbonyl (C=O) groups is 2. The third kappa shape index (κ3) is 67.5. The summed E-state index contributed by atoms with van der Waals surface area (Å²) in [4.78, 5) is 35.3. The van der Waals surface area contributed by atoms with Gasteiger partial charge in [0.15, 0.2) is 6.10 Å². The van der Waals surface area contributed by atoms with Crippen LogP contribution in [-0.4, -0.2) is 49.3 Å². The van der Waals surface area contributed by atoms with Crippen LogP contribution in [0.5, 0.6) is 0 Å². The van der Waals surface area contributed by atoms with Crippen molar-refractivity contribution in [3.63, 3.8) is 0 Å². The predicted molar refractivity (Wildman–Crippen MR) is 349 cm³/mol. The first-order chi connectivity index (χ1) is 39.8. The molecule has 0 aromatic rings. The summed E-state index contributed by atoms with van der Waals surface area (Å²) in [5.74, 6) is -0.808. The van der Waals surface area contributed by atoms with Gasteiger partial charge in [-0.15, -0.1) is 0 Å². The van der Waals surface area contributed by atoms with Crippen LogP contribution >= 0.6 is 7.82 Å². The molecular weight excluding hydrogens is 1030 g/mol. The first kappa shape index (κ1) is 79.5. The Morgan fingerprint density at radius 1 is 0.358 bits per heavy atom. The van der Waals surface area contributed by atoms with Crippen molar-refractivity contribution >= 4 is 19.8 Å². The zero-order valence-electron chi connectivity index (χ0n) is 54.1. The number of phosphoric ester groups is 1. The number of carbonyl (C=O) groups excluding carboxylic acids is 2. The first-order valence-corrected chi connectivity index (χ1v) is 37.3. The summed E-state index contributed by atoms with van der Waals surface area (Å²) in [5, 5.41) is 0. The molecule has 0 amide bonds. The fourth-order valence-electron chi connectivity index (χ4n) is 11.0. The Labute approximate surface area is 503 Å². The second-order valence-corrected chi connectivity index (χ2v) is 25.9. The number of rotatable bonds is 69. The third-order valence-corrected chi connectivity index (χ3v) is 17.3. The Hall–Kier alpha value is -1.51. The number of hydrogen-bond donors (Lipinski definition) is 2. The van der Waals surface area contributed by atoms with Crippen molar-refractivity contribution in [3.05, 3.63) is 24.3 Å². The summed E-state index contributed by atoms with van der Waals surface area (Å²) in [6, 6.07) is 0. The number of esters is 2. The molecule has 0 rings (SSSR count). The summed E-state index contributed by atoms with van der Waals surface area (Å²) in [7, 11) is -4.39. The highest BCUT2D eigenvalue weighted by atomic mass is 31.2. The van der Waals surface area contributed by atoms with Crippen LogP contribution in [0.15, 0.2) is 24.3 Å². The Morgan fingerprint density at radius 3 is 0.877 bits per heavy atom. The SMILES string of the molecule is CCCCCCCC/C=C\CCCCCCCCCCCC(=O)OCC(COP(=O)(O)OCCN)OC(=O)CCCCCCCCCCCCCCCCCCCCCCCCCCCCCCC/C=C\CCCCCCCCCC. The summed E-state index contributed by atoms with van der Waals surface area (Å²) in [5.41, 5.74) is 5.40. The van der Waals surface area contributed by atoms with Gasteiger partial charge in [-0.05, 0) is 64.2 Å². The molecule has 0 bridgehead atoms. The molecule has 3 N–H and O–H groups in total. The van der Waals surface area contributed by atoms with Crippen LogP contribution in [0.4, 0.5) is 0 Å². The van der Waals surface area contributed by atoms with Crippen molar-refractivity contribution in [1.29, 1.82) is 0 Å². The molecule has 0 spiro atoms. The van der Waals surface area contributed by atoms with E-state index in [1.807, 2.05) is 0 Å². The smallest absolute Gasteiger partial charge is 0.462 e. The van der Waals surface area contributed by atoms with E-state index in [1.165, 1.54) is 321 Å². The van der Waals surface area contributed by atoms with Gasteiger partial charge in [-0.2, -0.15) is 0 Å². The molecule has 480 valence electrons. The molecule has 81 heavy (non-hydrogen) atoms. The minimum Gasteiger partial charge on any atom is -0.462 e. The lowest BCUT2D eigenvalue weighted by atomic mass is 10.0. The van der Waals surface area contributed by atoms with Gasteiger partial charge >= 0.3 is 19.8 Å². The minimum atomic E-state index is -4.39. The Balaban J connectivity index is 3.72.